The van der Waals surface area contributed by atoms with Gasteiger partial charge in [-0.1, -0.05) is 11.6 Å². The number of hydrogen-bond acceptors (Lipinski definition) is 2. The van der Waals surface area contributed by atoms with Crippen LogP contribution in [-0.2, 0) is 6.42 Å². The predicted octanol–water partition coefficient (Wildman–Crippen LogP) is 2.51. The fraction of sp³-hybridized carbons (Fsp3) is 0.417. The average Bonchev–Trinajstić information content (AvgIpc) is 2.86. The molecule has 0 aromatic carbocycles. The SMILES string of the molecule is Clc1ccc2cc(C[C@@H]3CCCN3)[nH]c2n1. The van der Waals surface area contributed by atoms with Crippen molar-refractivity contribution < 1.29 is 0 Å². The Morgan fingerprint density at radius 2 is 2.38 bits per heavy atom. The fourth-order valence-corrected chi connectivity index (χ4v) is 2.49. The van der Waals surface area contributed by atoms with Crippen molar-refractivity contribution in [1.29, 1.82) is 0 Å². The minimum absolute atomic E-state index is 0.542. The molecule has 16 heavy (non-hydrogen) atoms. The van der Waals surface area contributed by atoms with Crippen LogP contribution in [0.5, 0.6) is 0 Å². The summed E-state index contributed by atoms with van der Waals surface area (Å²) in [4.78, 5) is 7.59. The lowest BCUT2D eigenvalue weighted by atomic mass is 10.1. The second kappa shape index (κ2) is 4.07. The molecule has 2 aromatic rings. The molecule has 0 spiro atoms. The van der Waals surface area contributed by atoms with Crippen molar-refractivity contribution in [2.24, 2.45) is 0 Å². The van der Waals surface area contributed by atoms with Gasteiger partial charge in [-0.3, -0.25) is 0 Å². The van der Waals surface area contributed by atoms with Crippen LogP contribution in [0.1, 0.15) is 18.5 Å². The zero-order valence-corrected chi connectivity index (χ0v) is 9.72. The van der Waals surface area contributed by atoms with Gasteiger partial charge in [0.25, 0.3) is 0 Å². The van der Waals surface area contributed by atoms with Gasteiger partial charge in [-0.25, -0.2) is 4.98 Å². The van der Waals surface area contributed by atoms with Crippen LogP contribution in [0.25, 0.3) is 11.0 Å². The number of aromatic amines is 1. The molecular formula is C12H14ClN3. The topological polar surface area (TPSA) is 40.7 Å². The Kier molecular flexibility index (Phi) is 2.58. The molecule has 0 amide bonds. The maximum Gasteiger partial charge on any atom is 0.139 e. The lowest BCUT2D eigenvalue weighted by Crippen LogP contribution is -2.23. The first-order valence-corrected chi connectivity index (χ1v) is 6.06. The highest BCUT2D eigenvalue weighted by atomic mass is 35.5. The van der Waals surface area contributed by atoms with Crippen molar-refractivity contribution in [3.63, 3.8) is 0 Å². The second-order valence-corrected chi connectivity index (χ2v) is 4.75. The number of nitrogens with zero attached hydrogens (tertiary/aromatic N) is 1. The van der Waals surface area contributed by atoms with Crippen LogP contribution < -0.4 is 5.32 Å². The van der Waals surface area contributed by atoms with Crippen LogP contribution in [0, 0.1) is 0 Å². The Labute approximate surface area is 99.2 Å². The monoisotopic (exact) mass is 235 g/mol. The standard InChI is InChI=1S/C12H14ClN3/c13-11-4-3-8-6-10(15-12(8)16-11)7-9-2-1-5-14-9/h3-4,6,9,14H,1-2,5,7H2,(H,15,16)/t9-/m0/s1. The molecule has 84 valence electrons. The summed E-state index contributed by atoms with van der Waals surface area (Å²) in [6.07, 6.45) is 3.60. The van der Waals surface area contributed by atoms with Crippen LogP contribution >= 0.6 is 11.6 Å². The van der Waals surface area contributed by atoms with E-state index < -0.39 is 0 Å². The van der Waals surface area contributed by atoms with E-state index in [1.165, 1.54) is 18.5 Å². The summed E-state index contributed by atoms with van der Waals surface area (Å²) in [5.41, 5.74) is 2.13. The van der Waals surface area contributed by atoms with E-state index in [0.29, 0.717) is 11.2 Å². The highest BCUT2D eigenvalue weighted by Crippen LogP contribution is 2.18. The van der Waals surface area contributed by atoms with E-state index in [2.05, 4.69) is 21.4 Å². The van der Waals surface area contributed by atoms with Gasteiger partial charge < -0.3 is 10.3 Å². The number of rotatable bonds is 2. The van der Waals surface area contributed by atoms with Crippen LogP contribution in [0.15, 0.2) is 18.2 Å². The normalized spacial score (nSPS) is 20.7. The van der Waals surface area contributed by atoms with E-state index in [4.69, 9.17) is 11.6 Å². The zero-order chi connectivity index (χ0) is 11.0. The number of hydrogen-bond donors (Lipinski definition) is 2. The Morgan fingerprint density at radius 3 is 3.19 bits per heavy atom. The van der Waals surface area contributed by atoms with Gasteiger partial charge in [-0.15, -0.1) is 0 Å². The molecule has 3 nitrogen and oxygen atoms in total. The third-order valence-electron chi connectivity index (χ3n) is 3.13. The average molecular weight is 236 g/mol. The summed E-state index contributed by atoms with van der Waals surface area (Å²) in [6.45, 7) is 1.15. The van der Waals surface area contributed by atoms with E-state index in [-0.39, 0.29) is 0 Å². The van der Waals surface area contributed by atoms with E-state index in [1.807, 2.05) is 12.1 Å². The van der Waals surface area contributed by atoms with Gasteiger partial charge in [-0.2, -0.15) is 0 Å². The van der Waals surface area contributed by atoms with Gasteiger partial charge in [0.1, 0.15) is 10.8 Å². The maximum absolute atomic E-state index is 5.85. The molecule has 0 aliphatic carbocycles. The summed E-state index contributed by atoms with van der Waals surface area (Å²) >= 11 is 5.85. The van der Waals surface area contributed by atoms with Crippen LogP contribution in [-0.4, -0.2) is 22.6 Å². The van der Waals surface area contributed by atoms with Crippen LogP contribution in [0.4, 0.5) is 0 Å². The molecule has 0 radical (unpaired) electrons. The van der Waals surface area contributed by atoms with Gasteiger partial charge in [0.15, 0.2) is 0 Å². The van der Waals surface area contributed by atoms with Gasteiger partial charge >= 0.3 is 0 Å². The maximum atomic E-state index is 5.85. The fourth-order valence-electron chi connectivity index (χ4n) is 2.34. The van der Waals surface area contributed by atoms with Crippen molar-refractivity contribution in [3.05, 3.63) is 29.0 Å². The minimum Gasteiger partial charge on any atom is -0.343 e. The Bertz CT molecular complexity index is 500. The molecule has 1 aliphatic heterocycles. The molecule has 1 fully saturated rings. The molecule has 3 heterocycles. The zero-order valence-electron chi connectivity index (χ0n) is 8.96. The molecule has 1 aliphatic rings. The van der Waals surface area contributed by atoms with E-state index in [9.17, 15) is 0 Å². The third-order valence-corrected chi connectivity index (χ3v) is 3.34. The quantitative estimate of drug-likeness (QED) is 0.786. The molecule has 2 N–H and O–H groups in total. The second-order valence-electron chi connectivity index (χ2n) is 4.36. The van der Waals surface area contributed by atoms with Crippen molar-refractivity contribution >= 4 is 22.6 Å². The summed E-state index contributed by atoms with van der Waals surface area (Å²) in [6, 6.07) is 6.62. The lowest BCUT2D eigenvalue weighted by molar-refractivity contribution is 0.597. The first kappa shape index (κ1) is 10.1. The Morgan fingerprint density at radius 1 is 1.44 bits per heavy atom. The number of pyridine rings is 1. The molecular weight excluding hydrogens is 222 g/mol. The summed E-state index contributed by atoms with van der Waals surface area (Å²) in [5, 5.41) is 5.17. The van der Waals surface area contributed by atoms with Crippen molar-refractivity contribution in [3.8, 4) is 0 Å². The minimum atomic E-state index is 0.542. The lowest BCUT2D eigenvalue weighted by Gasteiger charge is -2.07. The van der Waals surface area contributed by atoms with Crippen LogP contribution in [0.3, 0.4) is 0 Å². The van der Waals surface area contributed by atoms with E-state index >= 15 is 0 Å². The van der Waals surface area contributed by atoms with Crippen molar-refractivity contribution in [1.82, 2.24) is 15.3 Å². The first-order chi connectivity index (χ1) is 7.81. The van der Waals surface area contributed by atoms with E-state index in [0.717, 1.165) is 24.0 Å². The molecule has 3 rings (SSSR count). The summed E-state index contributed by atoms with van der Waals surface area (Å²) in [7, 11) is 0. The van der Waals surface area contributed by atoms with Gasteiger partial charge in [0.2, 0.25) is 0 Å². The molecule has 1 atom stereocenters. The Hall–Kier alpha value is -1.06. The van der Waals surface area contributed by atoms with Crippen LogP contribution in [0.2, 0.25) is 5.15 Å². The van der Waals surface area contributed by atoms with Crippen molar-refractivity contribution in [2.75, 3.05) is 6.54 Å². The highest BCUT2D eigenvalue weighted by Gasteiger charge is 2.15. The number of H-pyrrole nitrogens is 1. The molecule has 1 saturated heterocycles. The third kappa shape index (κ3) is 1.93. The van der Waals surface area contributed by atoms with E-state index in [1.54, 1.807) is 0 Å². The summed E-state index contributed by atoms with van der Waals surface area (Å²) < 4.78 is 0. The number of aromatic nitrogens is 2. The molecule has 0 unspecified atom stereocenters. The van der Waals surface area contributed by atoms with Gasteiger partial charge in [-0.05, 0) is 37.6 Å². The smallest absolute Gasteiger partial charge is 0.139 e. The Balaban J connectivity index is 1.86. The predicted molar refractivity (Wildman–Crippen MR) is 65.8 cm³/mol. The van der Waals surface area contributed by atoms with Crippen molar-refractivity contribution in [2.45, 2.75) is 25.3 Å². The summed E-state index contributed by atoms with van der Waals surface area (Å²) in [5.74, 6) is 0. The number of nitrogens with one attached hydrogen (secondary N) is 2. The largest absolute Gasteiger partial charge is 0.343 e. The molecule has 4 heteroatoms. The highest BCUT2D eigenvalue weighted by molar-refractivity contribution is 6.29. The van der Waals surface area contributed by atoms with Gasteiger partial charge in [0, 0.05) is 23.5 Å². The molecule has 2 aromatic heterocycles. The van der Waals surface area contributed by atoms with Gasteiger partial charge in [0.05, 0.1) is 0 Å². The first-order valence-electron chi connectivity index (χ1n) is 5.69. The number of halogens is 1. The molecule has 0 bridgehead atoms. The molecule has 0 saturated carbocycles. The number of fused-ring (bicyclic) bond motifs is 1.